The van der Waals surface area contributed by atoms with E-state index < -0.39 is 0 Å². The van der Waals surface area contributed by atoms with Crippen molar-refractivity contribution in [1.29, 1.82) is 0 Å². The molecule has 2 N–H and O–H groups in total. The quantitative estimate of drug-likeness (QED) is 0.702. The summed E-state index contributed by atoms with van der Waals surface area (Å²) in [6, 6.07) is 8.18. The second-order valence-electron chi connectivity index (χ2n) is 7.95. The van der Waals surface area contributed by atoms with Crippen LogP contribution in [0.1, 0.15) is 50.1 Å². The van der Waals surface area contributed by atoms with Gasteiger partial charge < -0.3 is 15.2 Å². The Hall–Kier alpha value is -2.54. The van der Waals surface area contributed by atoms with E-state index in [2.05, 4.69) is 39.9 Å². The molecule has 2 aromatic heterocycles. The zero-order valence-electron chi connectivity index (χ0n) is 16.6. The summed E-state index contributed by atoms with van der Waals surface area (Å²) in [7, 11) is 0. The topological polar surface area (TPSA) is 94.0 Å². The molecule has 148 valence electrons. The van der Waals surface area contributed by atoms with Gasteiger partial charge in [-0.2, -0.15) is 4.98 Å². The summed E-state index contributed by atoms with van der Waals surface area (Å²) in [4.78, 5) is 16.5. The van der Waals surface area contributed by atoms with E-state index >= 15 is 0 Å². The summed E-state index contributed by atoms with van der Waals surface area (Å²) >= 11 is 0. The predicted octanol–water partition coefficient (Wildman–Crippen LogP) is 3.10. The highest BCUT2D eigenvalue weighted by Gasteiger charge is 2.28. The minimum atomic E-state index is 0.230. The molecule has 7 heteroatoms. The molecular formula is C21H28N6O. The first-order chi connectivity index (χ1) is 13.6. The van der Waals surface area contributed by atoms with Gasteiger partial charge in [-0.3, -0.25) is 0 Å². The summed E-state index contributed by atoms with van der Waals surface area (Å²) < 4.78 is 5.60. The van der Waals surface area contributed by atoms with Gasteiger partial charge in [0.05, 0.1) is 11.4 Å². The summed E-state index contributed by atoms with van der Waals surface area (Å²) in [6.45, 7) is 6.66. The molecule has 0 aliphatic carbocycles. The molecule has 3 aromatic rings. The first-order valence-electron chi connectivity index (χ1n) is 10.2. The Labute approximate surface area is 165 Å². The minimum Gasteiger partial charge on any atom is -0.355 e. The van der Waals surface area contributed by atoms with Gasteiger partial charge >= 0.3 is 0 Å². The smallest absolute Gasteiger partial charge is 0.231 e. The maximum Gasteiger partial charge on any atom is 0.231 e. The molecule has 3 heterocycles. The Kier molecular flexibility index (Phi) is 5.52. The molecule has 4 rings (SSSR count). The fourth-order valence-corrected chi connectivity index (χ4v) is 3.84. The lowest BCUT2D eigenvalue weighted by Crippen LogP contribution is -2.35. The molecule has 1 saturated heterocycles. The van der Waals surface area contributed by atoms with Crippen molar-refractivity contribution in [3.05, 3.63) is 41.8 Å². The van der Waals surface area contributed by atoms with Crippen LogP contribution in [0.3, 0.4) is 0 Å². The van der Waals surface area contributed by atoms with Crippen molar-refractivity contribution in [2.75, 3.05) is 24.5 Å². The summed E-state index contributed by atoms with van der Waals surface area (Å²) in [5.41, 5.74) is 6.71. The number of nitrogens with zero attached hydrogens (tertiary/aromatic N) is 5. The van der Waals surface area contributed by atoms with Gasteiger partial charge in [0.15, 0.2) is 5.82 Å². The SMILES string of the molecule is CC(C)Cc1noc(C2CCCN(c3nc(CCN)nc4ccccc34)C2)n1. The number of rotatable bonds is 6. The van der Waals surface area contributed by atoms with Crippen LogP contribution >= 0.6 is 0 Å². The Morgan fingerprint density at radius 3 is 2.86 bits per heavy atom. The van der Waals surface area contributed by atoms with Crippen molar-refractivity contribution >= 4 is 16.7 Å². The normalized spacial score (nSPS) is 17.6. The van der Waals surface area contributed by atoms with Gasteiger partial charge in [0.25, 0.3) is 0 Å². The van der Waals surface area contributed by atoms with Crippen molar-refractivity contribution in [2.24, 2.45) is 11.7 Å². The molecule has 1 fully saturated rings. The minimum absolute atomic E-state index is 0.230. The highest BCUT2D eigenvalue weighted by Crippen LogP contribution is 2.32. The molecule has 0 bridgehead atoms. The highest BCUT2D eigenvalue weighted by atomic mass is 16.5. The second-order valence-corrected chi connectivity index (χ2v) is 7.95. The molecule has 1 aliphatic rings. The molecule has 1 unspecified atom stereocenters. The highest BCUT2D eigenvalue weighted by molar-refractivity contribution is 5.89. The number of fused-ring (bicyclic) bond motifs is 1. The fourth-order valence-electron chi connectivity index (χ4n) is 3.84. The third kappa shape index (κ3) is 3.99. The molecule has 1 aliphatic heterocycles. The molecule has 7 nitrogen and oxygen atoms in total. The van der Waals surface area contributed by atoms with Crippen LogP contribution < -0.4 is 10.6 Å². The van der Waals surface area contributed by atoms with Gasteiger partial charge in [-0.15, -0.1) is 0 Å². The van der Waals surface area contributed by atoms with Crippen LogP contribution in [0.15, 0.2) is 28.8 Å². The van der Waals surface area contributed by atoms with Gasteiger partial charge in [-0.1, -0.05) is 31.1 Å². The van der Waals surface area contributed by atoms with Crippen molar-refractivity contribution in [3.63, 3.8) is 0 Å². The van der Waals surface area contributed by atoms with Crippen LogP contribution in [0.25, 0.3) is 10.9 Å². The largest absolute Gasteiger partial charge is 0.355 e. The number of nitrogens with two attached hydrogens (primary N) is 1. The monoisotopic (exact) mass is 380 g/mol. The average Bonchev–Trinajstić information content (AvgIpc) is 3.15. The van der Waals surface area contributed by atoms with E-state index in [1.54, 1.807) is 0 Å². The second kappa shape index (κ2) is 8.22. The maximum atomic E-state index is 5.75. The summed E-state index contributed by atoms with van der Waals surface area (Å²) in [6.07, 6.45) is 3.64. The van der Waals surface area contributed by atoms with Crippen molar-refractivity contribution in [3.8, 4) is 0 Å². The van der Waals surface area contributed by atoms with E-state index in [0.717, 1.165) is 66.6 Å². The summed E-state index contributed by atoms with van der Waals surface area (Å²) in [5.74, 6) is 4.09. The first-order valence-corrected chi connectivity index (χ1v) is 10.2. The molecule has 1 atom stereocenters. The van der Waals surface area contributed by atoms with Gasteiger partial charge in [0.1, 0.15) is 11.6 Å². The molecule has 0 amide bonds. The molecule has 0 saturated carbocycles. The fraction of sp³-hybridized carbons (Fsp3) is 0.524. The van der Waals surface area contributed by atoms with E-state index in [1.807, 2.05) is 18.2 Å². The van der Waals surface area contributed by atoms with Crippen molar-refractivity contribution < 1.29 is 4.52 Å². The number of aromatic nitrogens is 4. The Morgan fingerprint density at radius 2 is 2.04 bits per heavy atom. The molecule has 0 radical (unpaired) electrons. The third-order valence-corrected chi connectivity index (χ3v) is 5.14. The number of hydrogen-bond donors (Lipinski definition) is 1. The van der Waals surface area contributed by atoms with Crippen LogP contribution in [0.2, 0.25) is 0 Å². The van der Waals surface area contributed by atoms with Gasteiger partial charge in [0.2, 0.25) is 5.89 Å². The van der Waals surface area contributed by atoms with E-state index in [4.69, 9.17) is 15.2 Å². The number of benzene rings is 1. The zero-order valence-corrected chi connectivity index (χ0v) is 16.6. The van der Waals surface area contributed by atoms with Crippen molar-refractivity contribution in [1.82, 2.24) is 20.1 Å². The Balaban J connectivity index is 1.61. The van der Waals surface area contributed by atoms with Gasteiger partial charge in [-0.05, 0) is 37.4 Å². The average molecular weight is 380 g/mol. The van der Waals surface area contributed by atoms with E-state index in [1.165, 1.54) is 0 Å². The third-order valence-electron chi connectivity index (χ3n) is 5.14. The van der Waals surface area contributed by atoms with Crippen LogP contribution in [0, 0.1) is 5.92 Å². The van der Waals surface area contributed by atoms with Crippen LogP contribution in [-0.4, -0.2) is 39.7 Å². The number of anilines is 1. The lowest BCUT2D eigenvalue weighted by Gasteiger charge is -2.32. The number of para-hydroxylation sites is 1. The Bertz CT molecular complexity index is 938. The van der Waals surface area contributed by atoms with E-state index in [9.17, 15) is 0 Å². The predicted molar refractivity (Wildman–Crippen MR) is 109 cm³/mol. The van der Waals surface area contributed by atoms with E-state index in [-0.39, 0.29) is 5.92 Å². The standard InChI is InChI=1S/C21H28N6O/c1-14(2)12-19-25-21(28-26-19)15-6-5-11-27(13-15)20-16-7-3-4-8-17(16)23-18(24-20)9-10-22/h3-4,7-8,14-15H,5-6,9-13,22H2,1-2H3. The van der Waals surface area contributed by atoms with Crippen LogP contribution in [0.5, 0.6) is 0 Å². The first kappa shape index (κ1) is 18.8. The van der Waals surface area contributed by atoms with Crippen LogP contribution in [0.4, 0.5) is 5.82 Å². The lowest BCUT2D eigenvalue weighted by atomic mass is 9.97. The molecule has 0 spiro atoms. The maximum absolute atomic E-state index is 5.75. The lowest BCUT2D eigenvalue weighted by molar-refractivity contribution is 0.329. The number of piperidine rings is 1. The Morgan fingerprint density at radius 1 is 1.18 bits per heavy atom. The molecule has 1 aromatic carbocycles. The van der Waals surface area contributed by atoms with E-state index in [0.29, 0.717) is 18.9 Å². The van der Waals surface area contributed by atoms with Gasteiger partial charge in [-0.25, -0.2) is 9.97 Å². The van der Waals surface area contributed by atoms with Gasteiger partial charge in [0, 0.05) is 31.3 Å². The molecule has 28 heavy (non-hydrogen) atoms. The van der Waals surface area contributed by atoms with Crippen molar-refractivity contribution in [2.45, 2.75) is 45.4 Å². The molecular weight excluding hydrogens is 352 g/mol. The number of hydrogen-bond acceptors (Lipinski definition) is 7. The zero-order chi connectivity index (χ0) is 19.5. The van der Waals surface area contributed by atoms with Crippen LogP contribution in [-0.2, 0) is 12.8 Å². The summed E-state index contributed by atoms with van der Waals surface area (Å²) in [5, 5.41) is 5.25.